The van der Waals surface area contributed by atoms with Crippen LogP contribution < -0.4 is 21.1 Å². The van der Waals surface area contributed by atoms with Crippen molar-refractivity contribution in [2.45, 2.75) is 68.6 Å². The standard InChI is InChI=1S/C42H44F3N11O5S/c1-26(24-53-14-9-27(10-15-53)28-4-7-34-35(21-28)52(2)51-39(34)55-18-13-36(57)49-41(55)59)19-31-20-33(6-3-29(31)22-46)62(60,61)54-16-11-32(12-17-54)48-40-47-23-30-5-8-37(58)56(38(30)50-40)25-42(43,44)45/h3-8,19-21,23,27,32H,9-18,24-25H2,1-2H3,(H,47,48,50)(H,49,57,59)/b26-19+. The van der Waals surface area contributed by atoms with E-state index in [2.05, 4.69) is 48.8 Å². The average molecular weight is 872 g/mol. The Morgan fingerprint density at radius 2 is 1.76 bits per heavy atom. The number of benzene rings is 2. The maximum absolute atomic E-state index is 13.9. The summed E-state index contributed by atoms with van der Waals surface area (Å²) < 4.78 is 71.1. The van der Waals surface area contributed by atoms with Gasteiger partial charge in [-0.05, 0) is 99.1 Å². The van der Waals surface area contributed by atoms with Crippen LogP contribution in [0, 0.1) is 11.3 Å². The summed E-state index contributed by atoms with van der Waals surface area (Å²) in [6.45, 7) is 3.37. The number of nitrogens with zero attached hydrogens (tertiary/aromatic N) is 9. The van der Waals surface area contributed by atoms with Gasteiger partial charge in [-0.15, -0.1) is 0 Å². The van der Waals surface area contributed by atoms with Crippen molar-refractivity contribution in [1.82, 2.24) is 38.8 Å². The molecule has 0 atom stereocenters. The van der Waals surface area contributed by atoms with Gasteiger partial charge in [-0.2, -0.15) is 32.8 Å². The molecule has 6 heterocycles. The van der Waals surface area contributed by atoms with E-state index in [4.69, 9.17) is 0 Å². The summed E-state index contributed by atoms with van der Waals surface area (Å²) in [7, 11) is -2.10. The molecule has 8 rings (SSSR count). The van der Waals surface area contributed by atoms with E-state index < -0.39 is 34.3 Å². The number of aromatic nitrogens is 5. The quantitative estimate of drug-likeness (QED) is 0.190. The molecule has 2 N–H and O–H groups in total. The fraction of sp³-hybridized carbons (Fsp3) is 0.405. The molecule has 0 radical (unpaired) electrons. The first-order valence-electron chi connectivity index (χ1n) is 20.3. The molecule has 3 fully saturated rings. The Labute approximate surface area is 354 Å². The normalized spacial score (nSPS) is 18.1. The first-order chi connectivity index (χ1) is 29.6. The van der Waals surface area contributed by atoms with Crippen molar-refractivity contribution in [3.8, 4) is 6.07 Å². The lowest BCUT2D eigenvalue weighted by Gasteiger charge is -2.32. The molecule has 0 saturated carbocycles. The maximum atomic E-state index is 13.9. The van der Waals surface area contributed by atoms with Gasteiger partial charge in [0.25, 0.3) is 5.56 Å². The summed E-state index contributed by atoms with van der Waals surface area (Å²) in [5.41, 5.74) is 2.93. The molecule has 20 heteroatoms. The number of sulfonamides is 1. The van der Waals surface area contributed by atoms with Crippen LogP contribution in [0.2, 0.25) is 0 Å². The average Bonchev–Trinajstić information content (AvgIpc) is 3.56. The van der Waals surface area contributed by atoms with E-state index in [1.165, 1.54) is 45.2 Å². The van der Waals surface area contributed by atoms with Crippen LogP contribution in [0.25, 0.3) is 28.0 Å². The Morgan fingerprint density at radius 3 is 2.47 bits per heavy atom. The number of amides is 3. The van der Waals surface area contributed by atoms with Gasteiger partial charge >= 0.3 is 12.2 Å². The van der Waals surface area contributed by atoms with E-state index in [1.807, 2.05) is 26.1 Å². The highest BCUT2D eigenvalue weighted by Gasteiger charge is 2.33. The number of rotatable bonds is 10. The number of fused-ring (bicyclic) bond motifs is 2. The smallest absolute Gasteiger partial charge is 0.351 e. The minimum atomic E-state index is -4.63. The van der Waals surface area contributed by atoms with E-state index >= 15 is 0 Å². The third kappa shape index (κ3) is 8.91. The number of aryl methyl sites for hydroxylation is 1. The van der Waals surface area contributed by atoms with Crippen molar-refractivity contribution in [3.63, 3.8) is 0 Å². The number of carbonyl (C=O) groups excluding carboxylic acids is 2. The Bertz CT molecular complexity index is 2820. The second-order valence-electron chi connectivity index (χ2n) is 16.0. The minimum Gasteiger partial charge on any atom is -0.351 e. The van der Waals surface area contributed by atoms with Crippen LogP contribution >= 0.6 is 0 Å². The zero-order valence-electron chi connectivity index (χ0n) is 34.0. The highest BCUT2D eigenvalue weighted by atomic mass is 32.2. The number of hydrogen-bond acceptors (Lipinski definition) is 11. The molecule has 324 valence electrons. The summed E-state index contributed by atoms with van der Waals surface area (Å²) in [6.07, 6.45) is 1.36. The van der Waals surface area contributed by atoms with Crippen molar-refractivity contribution in [2.24, 2.45) is 7.05 Å². The highest BCUT2D eigenvalue weighted by Crippen LogP contribution is 2.34. The van der Waals surface area contributed by atoms with Gasteiger partial charge in [0.1, 0.15) is 12.2 Å². The number of urea groups is 1. The molecule has 3 amide bonds. The lowest BCUT2D eigenvalue weighted by molar-refractivity contribution is -0.140. The van der Waals surface area contributed by atoms with Crippen LogP contribution in [-0.2, 0) is 28.4 Å². The van der Waals surface area contributed by atoms with Gasteiger partial charge in [0.15, 0.2) is 5.82 Å². The summed E-state index contributed by atoms with van der Waals surface area (Å²) in [5.74, 6) is 0.584. The van der Waals surface area contributed by atoms with Crippen molar-refractivity contribution in [3.05, 3.63) is 87.3 Å². The largest absolute Gasteiger partial charge is 0.406 e. The number of alkyl halides is 3. The zero-order valence-corrected chi connectivity index (χ0v) is 34.8. The first kappa shape index (κ1) is 42.5. The Hall–Kier alpha value is -6.17. The molecule has 0 unspecified atom stereocenters. The molecule has 3 aliphatic rings. The van der Waals surface area contributed by atoms with Crippen molar-refractivity contribution in [2.75, 3.05) is 49.5 Å². The lowest BCUT2D eigenvalue weighted by atomic mass is 9.88. The second-order valence-corrected chi connectivity index (χ2v) is 18.0. The molecular weight excluding hydrogens is 828 g/mol. The fourth-order valence-corrected chi connectivity index (χ4v) is 10.0. The van der Waals surface area contributed by atoms with Crippen molar-refractivity contribution in [1.29, 1.82) is 5.26 Å². The molecule has 62 heavy (non-hydrogen) atoms. The minimum absolute atomic E-state index is 0.0355. The van der Waals surface area contributed by atoms with Crippen LogP contribution in [0.3, 0.4) is 0 Å². The molecule has 2 aromatic carbocycles. The van der Waals surface area contributed by atoms with Gasteiger partial charge in [-0.25, -0.2) is 18.2 Å². The molecule has 0 spiro atoms. The predicted octanol–water partition coefficient (Wildman–Crippen LogP) is 5.11. The number of imide groups is 1. The topological polar surface area (TPSA) is 191 Å². The number of pyridine rings is 1. The molecule has 16 nitrogen and oxygen atoms in total. The molecule has 3 aliphatic heterocycles. The molecule has 3 saturated heterocycles. The predicted molar refractivity (Wildman–Crippen MR) is 225 cm³/mol. The van der Waals surface area contributed by atoms with E-state index in [0.29, 0.717) is 46.8 Å². The summed E-state index contributed by atoms with van der Waals surface area (Å²) in [4.78, 5) is 48.8. The molecule has 5 aromatic rings. The van der Waals surface area contributed by atoms with Crippen LogP contribution in [0.1, 0.15) is 61.6 Å². The number of nitrogens with one attached hydrogen (secondary N) is 2. The van der Waals surface area contributed by atoms with Crippen LogP contribution in [0.5, 0.6) is 0 Å². The van der Waals surface area contributed by atoms with Crippen molar-refractivity contribution >= 4 is 61.7 Å². The van der Waals surface area contributed by atoms with Crippen LogP contribution in [-0.4, -0.2) is 105 Å². The van der Waals surface area contributed by atoms with E-state index in [0.717, 1.165) is 48.5 Å². The first-order valence-corrected chi connectivity index (χ1v) is 21.7. The molecule has 0 aliphatic carbocycles. The molecule has 3 aromatic heterocycles. The Kier molecular flexibility index (Phi) is 11.6. The van der Waals surface area contributed by atoms with Crippen LogP contribution in [0.4, 0.5) is 29.7 Å². The van der Waals surface area contributed by atoms with E-state index in [1.54, 1.807) is 4.68 Å². The Balaban J connectivity index is 0.882. The number of likely N-dealkylation sites (tertiary alicyclic amines) is 1. The Morgan fingerprint density at radius 1 is 1.00 bits per heavy atom. The maximum Gasteiger partial charge on any atom is 0.406 e. The SMILES string of the molecule is C/C(=C\c1cc(S(=O)(=O)N2CCC(Nc3ncc4ccc(=O)n(CC(F)(F)F)c4n3)CC2)ccc1C#N)CN1CCC(c2ccc3c(N4CCC(=O)NC4=O)nn(C)c3c2)CC1. The number of piperidine rings is 2. The third-order valence-corrected chi connectivity index (χ3v) is 13.6. The monoisotopic (exact) mass is 871 g/mol. The number of hydrogen-bond donors (Lipinski definition) is 2. The zero-order chi connectivity index (χ0) is 43.9. The van der Waals surface area contributed by atoms with Crippen LogP contribution in [0.15, 0.2) is 70.0 Å². The number of nitriles is 1. The molecular formula is C42H44F3N11O5S. The second kappa shape index (κ2) is 16.9. The van der Waals surface area contributed by atoms with Gasteiger partial charge in [0, 0.05) is 68.7 Å². The number of carbonyl (C=O) groups is 2. The van der Waals surface area contributed by atoms with Gasteiger partial charge in [-0.3, -0.25) is 34.0 Å². The summed E-state index contributed by atoms with van der Waals surface area (Å²) >= 11 is 0. The van der Waals surface area contributed by atoms with Gasteiger partial charge in [-0.1, -0.05) is 17.7 Å². The van der Waals surface area contributed by atoms with E-state index in [9.17, 15) is 41.2 Å². The highest BCUT2D eigenvalue weighted by molar-refractivity contribution is 7.89. The third-order valence-electron chi connectivity index (χ3n) is 11.7. The number of anilines is 2. The van der Waals surface area contributed by atoms with Gasteiger partial charge in [0.05, 0.1) is 22.0 Å². The molecule has 0 bridgehead atoms. The lowest BCUT2D eigenvalue weighted by Crippen LogP contribution is -2.49. The number of halogens is 3. The van der Waals surface area contributed by atoms with Crippen molar-refractivity contribution < 1.29 is 31.2 Å². The fourth-order valence-electron chi connectivity index (χ4n) is 8.53. The van der Waals surface area contributed by atoms with Gasteiger partial charge < -0.3 is 5.32 Å². The van der Waals surface area contributed by atoms with Gasteiger partial charge in [0.2, 0.25) is 21.9 Å². The summed E-state index contributed by atoms with van der Waals surface area (Å²) in [5, 5.41) is 21.1. The van der Waals surface area contributed by atoms with E-state index in [-0.39, 0.29) is 59.9 Å². The summed E-state index contributed by atoms with van der Waals surface area (Å²) in [6, 6.07) is 14.5.